The van der Waals surface area contributed by atoms with Crippen molar-refractivity contribution < 1.29 is 14.4 Å². The van der Waals surface area contributed by atoms with Crippen LogP contribution in [0.4, 0.5) is 0 Å². The molecule has 0 spiro atoms. The highest BCUT2D eigenvalue weighted by Gasteiger charge is 2.35. The zero-order chi connectivity index (χ0) is 35.1. The van der Waals surface area contributed by atoms with Crippen LogP contribution in [0.3, 0.4) is 0 Å². The Morgan fingerprint density at radius 3 is 2.22 bits per heavy atom. The summed E-state index contributed by atoms with van der Waals surface area (Å²) >= 11 is 13.7. The van der Waals surface area contributed by atoms with Gasteiger partial charge in [-0.1, -0.05) is 120 Å². The van der Waals surface area contributed by atoms with Crippen LogP contribution in [0.1, 0.15) is 41.0 Å². The Labute approximate surface area is 300 Å². The van der Waals surface area contributed by atoms with Gasteiger partial charge in [0.05, 0.1) is 22.5 Å². The fraction of sp³-hybridized carbons (Fsp3) is 0.128. The van der Waals surface area contributed by atoms with Gasteiger partial charge in [0.1, 0.15) is 5.57 Å². The molecule has 0 saturated heterocycles. The number of allylic oxidation sites excluding steroid dienone is 4. The Kier molecular flexibility index (Phi) is 11.6. The molecular formula is C39H34Cl2N4O3S. The first-order chi connectivity index (χ1) is 23.6. The summed E-state index contributed by atoms with van der Waals surface area (Å²) in [6.07, 6.45) is 8.25. The molecule has 0 bridgehead atoms. The monoisotopic (exact) mass is 708 g/mol. The lowest BCUT2D eigenvalue weighted by atomic mass is 9.99. The molecule has 1 N–H and O–H groups in total. The summed E-state index contributed by atoms with van der Waals surface area (Å²) in [5.74, 6) is -1.64. The first-order valence-corrected chi connectivity index (χ1v) is 17.2. The van der Waals surface area contributed by atoms with E-state index in [-0.39, 0.29) is 28.4 Å². The van der Waals surface area contributed by atoms with Crippen molar-refractivity contribution >= 4 is 63.9 Å². The van der Waals surface area contributed by atoms with E-state index >= 15 is 0 Å². The first kappa shape index (κ1) is 35.4. The molecule has 0 saturated carbocycles. The molecule has 0 aliphatic carbocycles. The van der Waals surface area contributed by atoms with Crippen LogP contribution in [0.2, 0.25) is 10.0 Å². The predicted octanol–water partition coefficient (Wildman–Crippen LogP) is 8.79. The van der Waals surface area contributed by atoms with Gasteiger partial charge in [0, 0.05) is 22.1 Å². The van der Waals surface area contributed by atoms with Gasteiger partial charge in [0.25, 0.3) is 11.8 Å². The van der Waals surface area contributed by atoms with E-state index < -0.39 is 11.8 Å². The van der Waals surface area contributed by atoms with Crippen molar-refractivity contribution in [2.45, 2.75) is 26.8 Å². The molecule has 1 aliphatic rings. The van der Waals surface area contributed by atoms with Gasteiger partial charge in [-0.25, -0.2) is 0 Å². The lowest BCUT2D eigenvalue weighted by Crippen LogP contribution is -2.42. The van der Waals surface area contributed by atoms with Crippen molar-refractivity contribution in [2.75, 3.05) is 5.75 Å². The smallest absolute Gasteiger partial charge is 0.285 e. The van der Waals surface area contributed by atoms with Gasteiger partial charge in [-0.15, -0.1) is 0 Å². The van der Waals surface area contributed by atoms with E-state index in [9.17, 15) is 14.4 Å². The third kappa shape index (κ3) is 8.05. The molecule has 0 unspecified atom stereocenters. The fourth-order valence-corrected chi connectivity index (χ4v) is 6.82. The molecule has 1 aromatic heterocycles. The number of nitrogens with zero attached hydrogens (tertiary/aromatic N) is 3. The van der Waals surface area contributed by atoms with Crippen molar-refractivity contribution in [1.82, 2.24) is 14.8 Å². The van der Waals surface area contributed by atoms with E-state index in [4.69, 9.17) is 23.2 Å². The number of aryl methyl sites for hydroxylation is 1. The van der Waals surface area contributed by atoms with Crippen LogP contribution < -0.4 is 5.32 Å². The number of amides is 3. The number of nitrogens with one attached hydrogen (secondary N) is 1. The van der Waals surface area contributed by atoms with Crippen LogP contribution in [0.15, 0.2) is 132 Å². The largest absolute Gasteiger partial charge is 0.344 e. The molecule has 0 atom stereocenters. The number of amidine groups is 1. The van der Waals surface area contributed by atoms with E-state index in [0.29, 0.717) is 21.3 Å². The minimum Gasteiger partial charge on any atom is -0.344 e. The van der Waals surface area contributed by atoms with Gasteiger partial charge in [0.15, 0.2) is 5.17 Å². The van der Waals surface area contributed by atoms with Crippen molar-refractivity contribution in [3.8, 4) is 5.69 Å². The molecule has 3 amide bonds. The second-order valence-corrected chi connectivity index (χ2v) is 12.9. The van der Waals surface area contributed by atoms with Crippen LogP contribution in [0.5, 0.6) is 0 Å². The molecule has 0 fully saturated rings. The number of aromatic nitrogens is 1. The number of hydrogen-bond donors (Lipinski definition) is 1. The van der Waals surface area contributed by atoms with E-state index in [1.54, 1.807) is 49.4 Å². The number of carbonyl (C=O) groups is 3. The van der Waals surface area contributed by atoms with E-state index in [2.05, 4.69) is 16.9 Å². The molecule has 3 aromatic carbocycles. The van der Waals surface area contributed by atoms with Crippen molar-refractivity contribution in [1.29, 1.82) is 0 Å². The topological polar surface area (TPSA) is 83.8 Å². The number of aliphatic imine (C=N–C) groups is 1. The third-order valence-corrected chi connectivity index (χ3v) is 9.31. The molecule has 2 heterocycles. The van der Waals surface area contributed by atoms with E-state index in [1.807, 2.05) is 91.2 Å². The highest BCUT2D eigenvalue weighted by atomic mass is 35.5. The lowest BCUT2D eigenvalue weighted by molar-refractivity contribution is -0.126. The number of hydrogen-bond acceptors (Lipinski definition) is 4. The van der Waals surface area contributed by atoms with Crippen molar-refractivity contribution in [3.05, 3.63) is 165 Å². The molecular weight excluding hydrogens is 675 g/mol. The van der Waals surface area contributed by atoms with Gasteiger partial charge in [-0.2, -0.15) is 4.99 Å². The van der Waals surface area contributed by atoms with Gasteiger partial charge < -0.3 is 9.88 Å². The molecule has 10 heteroatoms. The van der Waals surface area contributed by atoms with E-state index in [1.165, 1.54) is 4.90 Å². The lowest BCUT2D eigenvalue weighted by Gasteiger charge is -2.28. The van der Waals surface area contributed by atoms with Crippen molar-refractivity contribution in [3.63, 3.8) is 0 Å². The van der Waals surface area contributed by atoms with Crippen LogP contribution in [-0.2, 0) is 14.4 Å². The molecule has 7 nitrogen and oxygen atoms in total. The summed E-state index contributed by atoms with van der Waals surface area (Å²) in [5.41, 5.74) is 5.19. The number of thioether (sulfide) groups is 1. The molecule has 4 aromatic rings. The summed E-state index contributed by atoms with van der Waals surface area (Å²) < 4.78 is 1.94. The van der Waals surface area contributed by atoms with Crippen molar-refractivity contribution in [2.24, 2.45) is 4.99 Å². The Balaban J connectivity index is 1.46. The Hall–Kier alpha value is -4.89. The highest BCUT2D eigenvalue weighted by Crippen LogP contribution is 2.32. The van der Waals surface area contributed by atoms with Crippen LogP contribution in [0.25, 0.3) is 11.8 Å². The van der Waals surface area contributed by atoms with Crippen LogP contribution in [0, 0.1) is 13.8 Å². The van der Waals surface area contributed by atoms with Gasteiger partial charge >= 0.3 is 0 Å². The van der Waals surface area contributed by atoms with Gasteiger partial charge in [-0.3, -0.25) is 19.3 Å². The molecule has 1 aliphatic heterocycles. The van der Waals surface area contributed by atoms with Gasteiger partial charge in [0.2, 0.25) is 5.91 Å². The maximum Gasteiger partial charge on any atom is 0.285 e. The summed E-state index contributed by atoms with van der Waals surface area (Å²) in [6.45, 7) is 9.30. The second-order valence-electron chi connectivity index (χ2n) is 11.1. The maximum atomic E-state index is 14.2. The minimum absolute atomic E-state index is 0.0870. The Morgan fingerprint density at radius 1 is 0.980 bits per heavy atom. The predicted molar refractivity (Wildman–Crippen MR) is 201 cm³/mol. The molecule has 0 radical (unpaired) electrons. The SMILES string of the molecule is C=C/C=C\C(=C/C)N1C(=O)/C(=C/c2cc(C)n(-c3ccc(Cl)cc3Cl)c2C)C(=O)N=C1SCC(=O)NC(c1ccccc1)c1ccccc1. The number of rotatable bonds is 10. The number of benzene rings is 3. The minimum atomic E-state index is -0.701. The summed E-state index contributed by atoms with van der Waals surface area (Å²) in [4.78, 5) is 46.8. The molecule has 5 rings (SSSR count). The zero-order valence-electron chi connectivity index (χ0n) is 27.2. The maximum absolute atomic E-state index is 14.2. The fourth-order valence-electron chi connectivity index (χ4n) is 5.52. The van der Waals surface area contributed by atoms with Gasteiger partial charge in [-0.05, 0) is 73.9 Å². The molecule has 248 valence electrons. The standard InChI is InChI=1S/C39H34Cl2N4O3S/c1-5-7-18-31(6-2)45-38(48)32(22-29-21-25(3)44(26(29)4)34-20-19-30(40)23-33(34)41)37(47)43-39(45)49-24-35(46)42-36(27-14-10-8-11-15-27)28-16-12-9-13-17-28/h5-23,36H,1,24H2,2-4H3,(H,42,46)/b18-7-,31-6+,32-22+. The summed E-state index contributed by atoms with van der Waals surface area (Å²) in [7, 11) is 0. The summed E-state index contributed by atoms with van der Waals surface area (Å²) in [6, 6.07) is 26.0. The van der Waals surface area contributed by atoms with Crippen LogP contribution >= 0.6 is 35.0 Å². The quantitative estimate of drug-likeness (QED) is 0.101. The second kappa shape index (κ2) is 16.0. The normalized spacial score (nSPS) is 14.6. The third-order valence-electron chi connectivity index (χ3n) is 7.83. The Bertz CT molecular complexity index is 1990. The number of carbonyl (C=O) groups excluding carboxylic acids is 3. The molecule has 49 heavy (non-hydrogen) atoms. The summed E-state index contributed by atoms with van der Waals surface area (Å²) in [5, 5.41) is 4.18. The van der Waals surface area contributed by atoms with Crippen LogP contribution in [-0.4, -0.2) is 38.1 Å². The average molecular weight is 710 g/mol. The zero-order valence-corrected chi connectivity index (χ0v) is 29.5. The average Bonchev–Trinajstić information content (AvgIpc) is 3.37. The highest BCUT2D eigenvalue weighted by molar-refractivity contribution is 8.14. The first-order valence-electron chi connectivity index (χ1n) is 15.4. The number of halogens is 2. The van der Waals surface area contributed by atoms with E-state index in [0.717, 1.165) is 40.0 Å². The Morgan fingerprint density at radius 2 is 1.63 bits per heavy atom.